The molecule has 3 atom stereocenters. The molecule has 1 aliphatic carbocycles. The average Bonchev–Trinajstić information content (AvgIpc) is 2.94. The van der Waals surface area contributed by atoms with Gasteiger partial charge in [0.05, 0.1) is 11.8 Å². The van der Waals surface area contributed by atoms with Gasteiger partial charge in [-0.15, -0.1) is 0 Å². The Bertz CT molecular complexity index is 770. The summed E-state index contributed by atoms with van der Waals surface area (Å²) in [6, 6.07) is 5.87. The summed E-state index contributed by atoms with van der Waals surface area (Å²) in [6.45, 7) is 1.46. The molecule has 1 saturated carbocycles. The van der Waals surface area contributed by atoms with Crippen LogP contribution in [0.4, 0.5) is 5.69 Å². The number of carbonyl (C=O) groups excluding carboxylic acids is 4. The van der Waals surface area contributed by atoms with Crippen LogP contribution in [0.3, 0.4) is 0 Å². The Hall–Kier alpha value is -2.15. The van der Waals surface area contributed by atoms with Gasteiger partial charge in [0.2, 0.25) is 17.7 Å². The maximum atomic E-state index is 13.0. The summed E-state index contributed by atoms with van der Waals surface area (Å²) >= 11 is 1.57. The number of anilines is 1. The van der Waals surface area contributed by atoms with E-state index in [0.717, 1.165) is 25.7 Å². The Balaban J connectivity index is 1.82. The van der Waals surface area contributed by atoms with E-state index in [9.17, 15) is 19.2 Å². The zero-order valence-corrected chi connectivity index (χ0v) is 17.1. The number of thioether (sulfide) groups is 1. The predicted octanol–water partition coefficient (Wildman–Crippen LogP) is 3.12. The summed E-state index contributed by atoms with van der Waals surface area (Å²) in [5.41, 5.74) is 0.987. The van der Waals surface area contributed by atoms with Gasteiger partial charge in [-0.25, -0.2) is 0 Å². The van der Waals surface area contributed by atoms with Crippen molar-refractivity contribution >= 4 is 41.0 Å². The first-order chi connectivity index (χ1) is 13.4. The van der Waals surface area contributed by atoms with Crippen molar-refractivity contribution in [2.45, 2.75) is 45.1 Å². The van der Waals surface area contributed by atoms with E-state index < -0.39 is 6.04 Å². The van der Waals surface area contributed by atoms with Gasteiger partial charge >= 0.3 is 0 Å². The van der Waals surface area contributed by atoms with E-state index in [4.69, 9.17) is 0 Å². The quantitative estimate of drug-likeness (QED) is 0.560. The molecule has 1 N–H and O–H groups in total. The van der Waals surface area contributed by atoms with Crippen molar-refractivity contribution in [3.05, 3.63) is 29.8 Å². The van der Waals surface area contributed by atoms with Crippen LogP contribution < -0.4 is 5.32 Å². The van der Waals surface area contributed by atoms with Crippen molar-refractivity contribution in [2.75, 3.05) is 17.3 Å². The number of rotatable bonds is 7. The number of benzene rings is 1. The topological polar surface area (TPSA) is 83.6 Å². The molecule has 150 valence electrons. The highest BCUT2D eigenvalue weighted by atomic mass is 32.2. The number of amides is 3. The van der Waals surface area contributed by atoms with Crippen LogP contribution in [0.2, 0.25) is 0 Å². The first-order valence-electron chi connectivity index (χ1n) is 9.71. The van der Waals surface area contributed by atoms with Gasteiger partial charge in [-0.05, 0) is 50.3 Å². The number of Topliss-reactive ketones (excluding diaryl/α,β-unsaturated/α-hetero) is 1. The Morgan fingerprint density at radius 3 is 2.39 bits per heavy atom. The minimum Gasteiger partial charge on any atom is -0.324 e. The van der Waals surface area contributed by atoms with E-state index in [-0.39, 0.29) is 35.3 Å². The van der Waals surface area contributed by atoms with Gasteiger partial charge in [-0.1, -0.05) is 25.0 Å². The third-order valence-corrected chi connectivity index (χ3v) is 6.27. The fourth-order valence-corrected chi connectivity index (χ4v) is 4.60. The number of hydrogen-bond donors (Lipinski definition) is 1. The van der Waals surface area contributed by atoms with E-state index in [2.05, 4.69) is 5.32 Å². The highest BCUT2D eigenvalue weighted by Crippen LogP contribution is 2.39. The third kappa shape index (κ3) is 4.14. The number of nitrogens with one attached hydrogen (secondary N) is 1. The van der Waals surface area contributed by atoms with Crippen molar-refractivity contribution in [1.29, 1.82) is 0 Å². The first kappa shape index (κ1) is 20.6. The highest BCUT2D eigenvalue weighted by molar-refractivity contribution is 7.98. The van der Waals surface area contributed by atoms with Crippen LogP contribution in [0, 0.1) is 11.8 Å². The van der Waals surface area contributed by atoms with Gasteiger partial charge in [0.25, 0.3) is 0 Å². The molecule has 3 rings (SSSR count). The molecule has 0 spiro atoms. The molecule has 7 heteroatoms. The maximum absolute atomic E-state index is 13.0. The fourth-order valence-electron chi connectivity index (χ4n) is 4.14. The molecule has 1 saturated heterocycles. The second-order valence-electron chi connectivity index (χ2n) is 7.47. The summed E-state index contributed by atoms with van der Waals surface area (Å²) in [5, 5.41) is 2.80. The molecular formula is C21H26N2O4S. The highest BCUT2D eigenvalue weighted by Gasteiger charge is 2.51. The SMILES string of the molecule is CSCC[C@H](C(=O)Nc1cccc(C(C)=O)c1)N1C(=O)[C@H]2CCCC[C@@H]2C1=O. The van der Waals surface area contributed by atoms with Crippen LogP contribution in [0.5, 0.6) is 0 Å². The normalized spacial score (nSPS) is 22.7. The Morgan fingerprint density at radius 2 is 1.82 bits per heavy atom. The minimum absolute atomic E-state index is 0.0935. The predicted molar refractivity (Wildman–Crippen MR) is 109 cm³/mol. The summed E-state index contributed by atoms with van der Waals surface area (Å²) in [6.07, 6.45) is 5.70. The Labute approximate surface area is 169 Å². The average molecular weight is 403 g/mol. The van der Waals surface area contributed by atoms with Crippen LogP contribution in [0.25, 0.3) is 0 Å². The Kier molecular flexibility index (Phi) is 6.54. The van der Waals surface area contributed by atoms with Crippen LogP contribution in [-0.2, 0) is 14.4 Å². The lowest BCUT2D eigenvalue weighted by Gasteiger charge is -2.26. The molecule has 0 radical (unpaired) electrons. The lowest BCUT2D eigenvalue weighted by Crippen LogP contribution is -2.48. The largest absolute Gasteiger partial charge is 0.324 e. The van der Waals surface area contributed by atoms with Gasteiger partial charge in [0.15, 0.2) is 5.78 Å². The van der Waals surface area contributed by atoms with Gasteiger partial charge in [-0.2, -0.15) is 11.8 Å². The number of fused-ring (bicyclic) bond motifs is 1. The molecule has 2 fully saturated rings. The van der Waals surface area contributed by atoms with E-state index >= 15 is 0 Å². The number of hydrogen-bond acceptors (Lipinski definition) is 5. The van der Waals surface area contributed by atoms with E-state index in [1.54, 1.807) is 36.0 Å². The lowest BCUT2D eigenvalue weighted by atomic mass is 9.81. The van der Waals surface area contributed by atoms with Gasteiger partial charge in [0, 0.05) is 11.3 Å². The molecule has 3 amide bonds. The van der Waals surface area contributed by atoms with Crippen molar-refractivity contribution in [3.8, 4) is 0 Å². The molecule has 0 unspecified atom stereocenters. The number of imide groups is 1. The summed E-state index contributed by atoms with van der Waals surface area (Å²) < 4.78 is 0. The van der Waals surface area contributed by atoms with Crippen LogP contribution in [0.15, 0.2) is 24.3 Å². The molecule has 1 heterocycles. The van der Waals surface area contributed by atoms with Crippen LogP contribution >= 0.6 is 11.8 Å². The molecule has 6 nitrogen and oxygen atoms in total. The van der Waals surface area contributed by atoms with Crippen molar-refractivity contribution in [2.24, 2.45) is 11.8 Å². The maximum Gasteiger partial charge on any atom is 0.247 e. The summed E-state index contributed by atoms with van der Waals surface area (Å²) in [5.74, 6) is -0.752. The van der Waals surface area contributed by atoms with Crippen LogP contribution in [0.1, 0.15) is 49.4 Å². The second-order valence-corrected chi connectivity index (χ2v) is 8.45. The molecule has 0 aromatic heterocycles. The lowest BCUT2D eigenvalue weighted by molar-refractivity contribution is -0.146. The van der Waals surface area contributed by atoms with E-state index in [0.29, 0.717) is 23.4 Å². The minimum atomic E-state index is -0.820. The van der Waals surface area contributed by atoms with E-state index in [1.807, 2.05) is 6.26 Å². The second kappa shape index (κ2) is 8.90. The van der Waals surface area contributed by atoms with Crippen molar-refractivity contribution in [1.82, 2.24) is 4.90 Å². The molecule has 1 aromatic carbocycles. The smallest absolute Gasteiger partial charge is 0.247 e. The molecular weight excluding hydrogens is 376 g/mol. The standard InChI is InChI=1S/C21H26N2O4S/c1-13(24)14-6-5-7-15(12-14)22-19(25)18(10-11-28-2)23-20(26)16-8-3-4-9-17(16)21(23)27/h5-7,12,16-18H,3-4,8-11H2,1-2H3,(H,22,25)/t16-,17-,18+/m0/s1. The zero-order valence-electron chi connectivity index (χ0n) is 16.3. The summed E-state index contributed by atoms with van der Waals surface area (Å²) in [4.78, 5) is 51.7. The molecule has 28 heavy (non-hydrogen) atoms. The number of nitrogens with zero attached hydrogens (tertiary/aromatic N) is 1. The molecule has 1 aromatic rings. The number of likely N-dealkylation sites (tertiary alicyclic amines) is 1. The molecule has 0 bridgehead atoms. The van der Waals surface area contributed by atoms with E-state index in [1.165, 1.54) is 11.8 Å². The van der Waals surface area contributed by atoms with Gasteiger partial charge in [-0.3, -0.25) is 24.1 Å². The molecule has 1 aliphatic heterocycles. The number of carbonyl (C=O) groups is 4. The molecule has 2 aliphatic rings. The number of ketones is 1. The Morgan fingerprint density at radius 1 is 1.18 bits per heavy atom. The van der Waals surface area contributed by atoms with Gasteiger partial charge in [0.1, 0.15) is 6.04 Å². The van der Waals surface area contributed by atoms with Crippen molar-refractivity contribution < 1.29 is 19.2 Å². The zero-order chi connectivity index (χ0) is 20.3. The van der Waals surface area contributed by atoms with Crippen LogP contribution in [-0.4, -0.2) is 46.5 Å². The monoisotopic (exact) mass is 402 g/mol. The summed E-state index contributed by atoms with van der Waals surface area (Å²) in [7, 11) is 0. The van der Waals surface area contributed by atoms with Gasteiger partial charge < -0.3 is 5.32 Å². The third-order valence-electron chi connectivity index (χ3n) is 5.62. The first-order valence-corrected chi connectivity index (χ1v) is 11.1. The fraction of sp³-hybridized carbons (Fsp3) is 0.524. The van der Waals surface area contributed by atoms with Crippen molar-refractivity contribution in [3.63, 3.8) is 0 Å².